The number of fused-ring (bicyclic) bond motifs is 1. The van der Waals surface area contributed by atoms with Crippen LogP contribution in [0, 0.1) is 6.92 Å². The number of alkyl carbamates (subject to hydrolysis) is 1. The highest BCUT2D eigenvalue weighted by atomic mass is 16.6. The number of carbonyl (C=O) groups excluding carboxylic acids is 3. The van der Waals surface area contributed by atoms with E-state index >= 15 is 0 Å². The van der Waals surface area contributed by atoms with Crippen LogP contribution < -0.4 is 20.7 Å². The molecule has 2 heterocycles. The van der Waals surface area contributed by atoms with Crippen molar-refractivity contribution in [1.29, 1.82) is 0 Å². The Morgan fingerprint density at radius 1 is 1.11 bits per heavy atom. The number of ether oxygens (including phenoxy) is 2. The molecular formula is C28H32N4O5. The van der Waals surface area contributed by atoms with Crippen molar-refractivity contribution in [3.63, 3.8) is 0 Å². The number of rotatable bonds is 7. The fourth-order valence-corrected chi connectivity index (χ4v) is 4.30. The molecule has 4 rings (SSSR count). The first-order valence-corrected chi connectivity index (χ1v) is 12.2. The Balaban J connectivity index is 1.42. The number of aryl methyl sites for hydroxylation is 1. The number of nitrogens with zero attached hydrogens (tertiary/aromatic N) is 1. The zero-order valence-electron chi connectivity index (χ0n) is 21.5. The van der Waals surface area contributed by atoms with Gasteiger partial charge in [0.25, 0.3) is 5.91 Å². The smallest absolute Gasteiger partial charge is 0.408 e. The Morgan fingerprint density at radius 3 is 2.54 bits per heavy atom. The minimum absolute atomic E-state index is 0.0610. The van der Waals surface area contributed by atoms with E-state index < -0.39 is 29.2 Å². The number of amides is 4. The van der Waals surface area contributed by atoms with Gasteiger partial charge in [0.15, 0.2) is 0 Å². The summed E-state index contributed by atoms with van der Waals surface area (Å²) in [6.07, 6.45) is 0.146. The van der Waals surface area contributed by atoms with Gasteiger partial charge in [-0.2, -0.15) is 0 Å². The minimum atomic E-state index is -1.39. The predicted octanol–water partition coefficient (Wildman–Crippen LogP) is 3.81. The Hall–Kier alpha value is -4.14. The first-order chi connectivity index (χ1) is 17.5. The summed E-state index contributed by atoms with van der Waals surface area (Å²) < 4.78 is 11.3. The van der Waals surface area contributed by atoms with E-state index in [2.05, 4.69) is 33.1 Å². The van der Waals surface area contributed by atoms with Gasteiger partial charge in [0.1, 0.15) is 16.9 Å². The maximum Gasteiger partial charge on any atom is 0.408 e. The highest BCUT2D eigenvalue weighted by molar-refractivity contribution is 6.03. The summed E-state index contributed by atoms with van der Waals surface area (Å²) in [5.41, 5.74) is 1.78. The van der Waals surface area contributed by atoms with Gasteiger partial charge in [0, 0.05) is 23.9 Å². The number of hydrogen-bond acceptors (Lipinski definition) is 6. The molecule has 2 aromatic carbocycles. The monoisotopic (exact) mass is 504 g/mol. The van der Waals surface area contributed by atoms with E-state index in [1.165, 1.54) is 5.56 Å². The molecule has 9 heteroatoms. The fourth-order valence-electron chi connectivity index (χ4n) is 4.30. The van der Waals surface area contributed by atoms with Gasteiger partial charge in [-0.1, -0.05) is 30.3 Å². The molecule has 1 saturated heterocycles. The van der Waals surface area contributed by atoms with Crippen molar-refractivity contribution in [2.75, 3.05) is 13.2 Å². The molecule has 0 spiro atoms. The van der Waals surface area contributed by atoms with Gasteiger partial charge in [-0.15, -0.1) is 0 Å². The summed E-state index contributed by atoms with van der Waals surface area (Å²) in [4.78, 5) is 41.6. The molecule has 1 aliphatic rings. The SMILES string of the molecule is Cc1cc(CCOc2ccc(CC3(NC(=O)OC(C)(C)C)CNC(=O)NC3=O)cc2)c2ccccc2n1. The van der Waals surface area contributed by atoms with Gasteiger partial charge >= 0.3 is 12.1 Å². The molecule has 1 aromatic heterocycles. The molecule has 194 valence electrons. The van der Waals surface area contributed by atoms with Crippen LogP contribution in [0.4, 0.5) is 9.59 Å². The van der Waals surface area contributed by atoms with Crippen LogP contribution in [0.1, 0.15) is 37.6 Å². The summed E-state index contributed by atoms with van der Waals surface area (Å²) in [6, 6.07) is 16.9. The quantitative estimate of drug-likeness (QED) is 0.450. The average molecular weight is 505 g/mol. The summed E-state index contributed by atoms with van der Waals surface area (Å²) in [5.74, 6) is 0.0942. The number of aromatic nitrogens is 1. The van der Waals surface area contributed by atoms with E-state index in [1.807, 2.05) is 49.4 Å². The largest absolute Gasteiger partial charge is 0.493 e. The maximum absolute atomic E-state index is 12.8. The van der Waals surface area contributed by atoms with Crippen LogP contribution >= 0.6 is 0 Å². The van der Waals surface area contributed by atoms with Gasteiger partial charge < -0.3 is 20.1 Å². The van der Waals surface area contributed by atoms with E-state index in [0.29, 0.717) is 12.4 Å². The van der Waals surface area contributed by atoms with E-state index in [1.54, 1.807) is 20.8 Å². The molecule has 0 aliphatic carbocycles. The van der Waals surface area contributed by atoms with Crippen molar-refractivity contribution >= 4 is 28.9 Å². The van der Waals surface area contributed by atoms with E-state index in [9.17, 15) is 14.4 Å². The van der Waals surface area contributed by atoms with Crippen molar-refractivity contribution in [1.82, 2.24) is 20.9 Å². The summed E-state index contributed by atoms with van der Waals surface area (Å²) >= 11 is 0. The van der Waals surface area contributed by atoms with Gasteiger partial charge in [-0.3, -0.25) is 15.1 Å². The number of urea groups is 1. The molecule has 1 fully saturated rings. The number of pyridine rings is 1. The predicted molar refractivity (Wildman–Crippen MR) is 139 cm³/mol. The van der Waals surface area contributed by atoms with Gasteiger partial charge in [-0.05, 0) is 63.1 Å². The van der Waals surface area contributed by atoms with Crippen LogP contribution in [0.15, 0.2) is 54.6 Å². The number of nitrogens with one attached hydrogen (secondary N) is 3. The molecule has 1 unspecified atom stereocenters. The molecule has 4 amide bonds. The topological polar surface area (TPSA) is 119 Å². The lowest BCUT2D eigenvalue weighted by Crippen LogP contribution is -2.71. The Bertz CT molecular complexity index is 1320. The normalized spacial score (nSPS) is 17.6. The Kier molecular flexibility index (Phi) is 7.33. The molecule has 0 bridgehead atoms. The third-order valence-electron chi connectivity index (χ3n) is 5.95. The zero-order chi connectivity index (χ0) is 26.6. The lowest BCUT2D eigenvalue weighted by Gasteiger charge is -2.37. The van der Waals surface area contributed by atoms with E-state index in [0.717, 1.165) is 28.6 Å². The van der Waals surface area contributed by atoms with E-state index in [4.69, 9.17) is 9.47 Å². The molecule has 0 radical (unpaired) electrons. The summed E-state index contributed by atoms with van der Waals surface area (Å²) in [6.45, 7) is 7.62. The third-order valence-corrected chi connectivity index (χ3v) is 5.95. The molecule has 9 nitrogen and oxygen atoms in total. The first kappa shape index (κ1) is 25.9. The van der Waals surface area contributed by atoms with E-state index in [-0.39, 0.29) is 13.0 Å². The molecule has 0 saturated carbocycles. The second-order valence-corrected chi connectivity index (χ2v) is 10.2. The van der Waals surface area contributed by atoms with Crippen molar-refractivity contribution in [2.45, 2.75) is 51.7 Å². The standard InChI is InChI=1S/C28H32N4O5/c1-18-15-20(22-7-5-6-8-23(22)30-18)13-14-36-21-11-9-19(10-12-21)16-28(17-29-25(34)31-24(28)33)32-26(35)37-27(2,3)4/h5-12,15H,13-14,16-17H2,1-4H3,(H,32,35)(H2,29,31,33,34). The second-order valence-electron chi connectivity index (χ2n) is 10.2. The highest BCUT2D eigenvalue weighted by Crippen LogP contribution is 2.22. The number of benzene rings is 2. The van der Waals surface area contributed by atoms with Crippen LogP contribution in [0.2, 0.25) is 0 Å². The summed E-state index contributed by atoms with van der Waals surface area (Å²) in [5, 5.41) is 8.62. The summed E-state index contributed by atoms with van der Waals surface area (Å²) in [7, 11) is 0. The van der Waals surface area contributed by atoms with Gasteiger partial charge in [0.05, 0.1) is 18.7 Å². The number of carbonyl (C=O) groups is 3. The van der Waals surface area contributed by atoms with Crippen LogP contribution in [-0.4, -0.2) is 47.3 Å². The van der Waals surface area contributed by atoms with Crippen LogP contribution in [0.25, 0.3) is 10.9 Å². The molecule has 37 heavy (non-hydrogen) atoms. The van der Waals surface area contributed by atoms with Crippen molar-refractivity contribution < 1.29 is 23.9 Å². The molecule has 3 aromatic rings. The Morgan fingerprint density at radius 2 is 1.84 bits per heavy atom. The number of imide groups is 1. The number of para-hydroxylation sites is 1. The van der Waals surface area contributed by atoms with Crippen molar-refractivity contribution in [2.24, 2.45) is 0 Å². The minimum Gasteiger partial charge on any atom is -0.493 e. The molecule has 1 aliphatic heterocycles. The van der Waals surface area contributed by atoms with Crippen LogP contribution in [0.5, 0.6) is 5.75 Å². The molecule has 1 atom stereocenters. The van der Waals surface area contributed by atoms with Gasteiger partial charge in [-0.25, -0.2) is 9.59 Å². The van der Waals surface area contributed by atoms with Gasteiger partial charge in [0.2, 0.25) is 0 Å². The second kappa shape index (κ2) is 10.5. The van der Waals surface area contributed by atoms with Crippen molar-refractivity contribution in [3.8, 4) is 5.75 Å². The lowest BCUT2D eigenvalue weighted by molar-refractivity contribution is -0.127. The van der Waals surface area contributed by atoms with Crippen LogP contribution in [-0.2, 0) is 22.4 Å². The Labute approximate surface area is 215 Å². The zero-order valence-corrected chi connectivity index (χ0v) is 21.5. The lowest BCUT2D eigenvalue weighted by atomic mass is 9.88. The number of hydrogen-bond donors (Lipinski definition) is 3. The molecule has 3 N–H and O–H groups in total. The van der Waals surface area contributed by atoms with Crippen molar-refractivity contribution in [3.05, 3.63) is 71.4 Å². The first-order valence-electron chi connectivity index (χ1n) is 12.2. The average Bonchev–Trinajstić information content (AvgIpc) is 2.81. The fraction of sp³-hybridized carbons (Fsp3) is 0.357. The molecular weight excluding hydrogens is 472 g/mol. The maximum atomic E-state index is 12.8. The van der Waals surface area contributed by atoms with Crippen LogP contribution in [0.3, 0.4) is 0 Å². The highest BCUT2D eigenvalue weighted by Gasteiger charge is 2.45. The third kappa shape index (κ3) is 6.55.